The molecule has 138 valence electrons. The van der Waals surface area contributed by atoms with Crippen molar-refractivity contribution in [1.29, 1.82) is 0 Å². The Kier molecular flexibility index (Phi) is 6.47. The van der Waals surface area contributed by atoms with Crippen molar-refractivity contribution in [3.63, 3.8) is 0 Å². The molecular weight excluding hydrogens is 373 g/mol. The number of carbonyl (C=O) groups is 1. The van der Waals surface area contributed by atoms with E-state index in [0.29, 0.717) is 37.0 Å². The van der Waals surface area contributed by atoms with E-state index in [1.165, 1.54) is 0 Å². The molecule has 2 aromatic rings. The molecule has 1 N–H and O–H groups in total. The summed E-state index contributed by atoms with van der Waals surface area (Å²) in [6.07, 6.45) is 0. The molecular formula is C19H21Cl2N3O2. The molecule has 0 saturated carbocycles. The summed E-state index contributed by atoms with van der Waals surface area (Å²) in [5.74, 6) is 0.624. The molecule has 0 bridgehead atoms. The van der Waals surface area contributed by atoms with Crippen molar-refractivity contribution in [3.05, 3.63) is 58.6 Å². The third-order valence-corrected chi connectivity index (χ3v) is 4.76. The molecule has 0 spiro atoms. The minimum absolute atomic E-state index is 0.0708. The van der Waals surface area contributed by atoms with E-state index in [-0.39, 0.29) is 6.03 Å². The van der Waals surface area contributed by atoms with E-state index in [1.807, 2.05) is 41.3 Å². The number of ether oxygens (including phenoxy) is 1. The van der Waals surface area contributed by atoms with Crippen molar-refractivity contribution in [1.82, 2.24) is 10.2 Å². The molecule has 1 saturated heterocycles. The van der Waals surface area contributed by atoms with Crippen LogP contribution in [0.3, 0.4) is 0 Å². The van der Waals surface area contributed by atoms with Crippen molar-refractivity contribution in [2.45, 2.75) is 0 Å². The summed E-state index contributed by atoms with van der Waals surface area (Å²) in [5, 5.41) is 4.17. The van der Waals surface area contributed by atoms with Crippen LogP contribution >= 0.6 is 23.2 Å². The fourth-order valence-electron chi connectivity index (χ4n) is 2.83. The Bertz CT molecular complexity index is 749. The minimum Gasteiger partial charge on any atom is -0.490 e. The Hall–Kier alpha value is -2.11. The van der Waals surface area contributed by atoms with Crippen LogP contribution in [0.5, 0.6) is 5.75 Å². The van der Waals surface area contributed by atoms with Crippen LogP contribution in [0.25, 0.3) is 0 Å². The SMILES string of the molecule is O=C(NCCOc1ccccc1Cl)N1CCN(c2cccc(Cl)c2)CC1. The second-order valence-electron chi connectivity index (χ2n) is 5.96. The van der Waals surface area contributed by atoms with Crippen LogP contribution in [0.15, 0.2) is 48.5 Å². The fourth-order valence-corrected chi connectivity index (χ4v) is 3.21. The minimum atomic E-state index is -0.0708. The number of nitrogens with zero attached hydrogens (tertiary/aromatic N) is 2. The van der Waals surface area contributed by atoms with Gasteiger partial charge in [-0.1, -0.05) is 41.4 Å². The molecule has 0 aromatic heterocycles. The number of urea groups is 1. The largest absolute Gasteiger partial charge is 0.490 e. The number of amides is 2. The quantitative estimate of drug-likeness (QED) is 0.783. The van der Waals surface area contributed by atoms with Crippen molar-refractivity contribution >= 4 is 34.9 Å². The van der Waals surface area contributed by atoms with Gasteiger partial charge in [-0.05, 0) is 30.3 Å². The van der Waals surface area contributed by atoms with Gasteiger partial charge in [-0.2, -0.15) is 0 Å². The molecule has 1 aliphatic heterocycles. The lowest BCUT2D eigenvalue weighted by Gasteiger charge is -2.36. The monoisotopic (exact) mass is 393 g/mol. The zero-order valence-corrected chi connectivity index (χ0v) is 15.8. The molecule has 0 atom stereocenters. The standard InChI is InChI=1S/C19H21Cl2N3O2/c20-15-4-3-5-16(14-15)23-9-11-24(12-10-23)19(25)22-8-13-26-18-7-2-1-6-17(18)21/h1-7,14H,8-13H2,(H,22,25). The maximum atomic E-state index is 12.3. The fraction of sp³-hybridized carbons (Fsp3) is 0.316. The van der Waals surface area contributed by atoms with Gasteiger partial charge in [-0.3, -0.25) is 0 Å². The summed E-state index contributed by atoms with van der Waals surface area (Å²) >= 11 is 12.1. The van der Waals surface area contributed by atoms with Gasteiger partial charge in [0.15, 0.2) is 0 Å². The smallest absolute Gasteiger partial charge is 0.317 e. The summed E-state index contributed by atoms with van der Waals surface area (Å²) in [7, 11) is 0. The van der Waals surface area contributed by atoms with Crippen LogP contribution in [-0.2, 0) is 0 Å². The van der Waals surface area contributed by atoms with Gasteiger partial charge in [0, 0.05) is 36.9 Å². The number of nitrogens with one attached hydrogen (secondary N) is 1. The Morgan fingerprint density at radius 3 is 2.54 bits per heavy atom. The van der Waals surface area contributed by atoms with Crippen molar-refractivity contribution in [2.75, 3.05) is 44.2 Å². The van der Waals surface area contributed by atoms with E-state index in [9.17, 15) is 4.79 Å². The summed E-state index contributed by atoms with van der Waals surface area (Å²) in [6.45, 7) is 3.71. The third-order valence-electron chi connectivity index (χ3n) is 4.21. The topological polar surface area (TPSA) is 44.8 Å². The normalized spacial score (nSPS) is 14.2. The van der Waals surface area contributed by atoms with E-state index in [1.54, 1.807) is 12.1 Å². The van der Waals surface area contributed by atoms with E-state index in [2.05, 4.69) is 10.2 Å². The highest BCUT2D eigenvalue weighted by Crippen LogP contribution is 2.23. The van der Waals surface area contributed by atoms with Gasteiger partial charge >= 0.3 is 6.03 Å². The number of rotatable bonds is 5. The van der Waals surface area contributed by atoms with Gasteiger partial charge < -0.3 is 19.9 Å². The molecule has 1 aliphatic rings. The maximum absolute atomic E-state index is 12.3. The van der Waals surface area contributed by atoms with E-state index in [4.69, 9.17) is 27.9 Å². The van der Waals surface area contributed by atoms with Crippen LogP contribution < -0.4 is 15.0 Å². The van der Waals surface area contributed by atoms with E-state index in [0.717, 1.165) is 23.8 Å². The zero-order valence-electron chi connectivity index (χ0n) is 14.3. The molecule has 5 nitrogen and oxygen atoms in total. The van der Waals surface area contributed by atoms with Gasteiger partial charge in [0.25, 0.3) is 0 Å². The van der Waals surface area contributed by atoms with Crippen LogP contribution in [0.2, 0.25) is 10.0 Å². The summed E-state index contributed by atoms with van der Waals surface area (Å²) in [4.78, 5) is 16.3. The number of piperazine rings is 1. The summed E-state index contributed by atoms with van der Waals surface area (Å²) < 4.78 is 5.57. The first-order valence-electron chi connectivity index (χ1n) is 8.54. The Labute approximate surface area is 163 Å². The predicted molar refractivity (Wildman–Crippen MR) is 106 cm³/mol. The number of carbonyl (C=O) groups excluding carboxylic acids is 1. The number of para-hydroxylation sites is 1. The molecule has 1 heterocycles. The molecule has 1 fully saturated rings. The van der Waals surface area contributed by atoms with Gasteiger partial charge in [0.2, 0.25) is 0 Å². The maximum Gasteiger partial charge on any atom is 0.317 e. The highest BCUT2D eigenvalue weighted by atomic mass is 35.5. The first kappa shape index (κ1) is 18.7. The van der Waals surface area contributed by atoms with Gasteiger partial charge in [0.05, 0.1) is 11.6 Å². The first-order valence-corrected chi connectivity index (χ1v) is 9.30. The van der Waals surface area contributed by atoms with Crippen molar-refractivity contribution in [3.8, 4) is 5.75 Å². The number of hydrogen-bond acceptors (Lipinski definition) is 3. The Morgan fingerprint density at radius 2 is 1.81 bits per heavy atom. The lowest BCUT2D eigenvalue weighted by Crippen LogP contribution is -2.52. The number of anilines is 1. The molecule has 2 amide bonds. The average molecular weight is 394 g/mol. The molecule has 0 aliphatic carbocycles. The average Bonchev–Trinajstić information content (AvgIpc) is 2.66. The molecule has 2 aromatic carbocycles. The number of hydrogen-bond donors (Lipinski definition) is 1. The molecule has 0 radical (unpaired) electrons. The molecule has 0 unspecified atom stereocenters. The third kappa shape index (κ3) is 4.96. The highest BCUT2D eigenvalue weighted by Gasteiger charge is 2.21. The van der Waals surface area contributed by atoms with E-state index < -0.39 is 0 Å². The van der Waals surface area contributed by atoms with Crippen LogP contribution in [0, 0.1) is 0 Å². The zero-order chi connectivity index (χ0) is 18.4. The van der Waals surface area contributed by atoms with E-state index >= 15 is 0 Å². The molecule has 3 rings (SSSR count). The molecule has 26 heavy (non-hydrogen) atoms. The lowest BCUT2D eigenvalue weighted by atomic mass is 10.2. The highest BCUT2D eigenvalue weighted by molar-refractivity contribution is 6.32. The predicted octanol–water partition coefficient (Wildman–Crippen LogP) is 3.90. The number of halogens is 2. The van der Waals surface area contributed by atoms with Gasteiger partial charge in [-0.25, -0.2) is 4.79 Å². The lowest BCUT2D eigenvalue weighted by molar-refractivity contribution is 0.191. The van der Waals surface area contributed by atoms with Gasteiger partial charge in [0.1, 0.15) is 12.4 Å². The first-order chi connectivity index (χ1) is 12.6. The number of benzene rings is 2. The van der Waals surface area contributed by atoms with Crippen molar-refractivity contribution in [2.24, 2.45) is 0 Å². The Morgan fingerprint density at radius 1 is 1.04 bits per heavy atom. The van der Waals surface area contributed by atoms with Crippen LogP contribution in [-0.4, -0.2) is 50.3 Å². The van der Waals surface area contributed by atoms with Crippen LogP contribution in [0.4, 0.5) is 10.5 Å². The van der Waals surface area contributed by atoms with Crippen molar-refractivity contribution < 1.29 is 9.53 Å². The second-order valence-corrected chi connectivity index (χ2v) is 6.81. The van der Waals surface area contributed by atoms with Crippen LogP contribution in [0.1, 0.15) is 0 Å². The van der Waals surface area contributed by atoms with Gasteiger partial charge in [-0.15, -0.1) is 0 Å². The Balaban J connectivity index is 1.39. The summed E-state index contributed by atoms with van der Waals surface area (Å²) in [6, 6.07) is 15.0. The second kappa shape index (κ2) is 9.01. The summed E-state index contributed by atoms with van der Waals surface area (Å²) in [5.41, 5.74) is 1.09. The molecule has 7 heteroatoms.